The van der Waals surface area contributed by atoms with E-state index in [9.17, 15) is 43.2 Å². The number of ether oxygens (including phenoxy) is 4. The van der Waals surface area contributed by atoms with Gasteiger partial charge in [-0.05, 0) is 31.6 Å². The average molecular weight is 1310 g/mol. The standard InChI is InChI=1S/C70H136O17P2/c1-6-9-12-15-17-19-21-23-24-28-31-35-39-44-49-54-68(73)81-60-66(87-70(75)56-51-46-41-37-33-29-25-27-30-34-38-43-47-52-63(4)5)62-85-89(78,79)83-58-64(71)57-82-88(76,77)84-61-65(59-80-67(72)53-48-42-14-11-8-3)86-69(74)55-50-45-40-36-32-26-22-20-18-16-13-10-7-2/h63-66,71H,6-62H2,1-5H3,(H,76,77)(H,78,79)/t64-,65+,66+/m0/s1. The van der Waals surface area contributed by atoms with E-state index >= 15 is 0 Å². The highest BCUT2D eigenvalue weighted by molar-refractivity contribution is 7.47. The summed E-state index contributed by atoms with van der Waals surface area (Å²) < 4.78 is 68.1. The summed E-state index contributed by atoms with van der Waals surface area (Å²) in [5, 5.41) is 10.6. The van der Waals surface area contributed by atoms with Gasteiger partial charge in [0.15, 0.2) is 12.2 Å². The first-order chi connectivity index (χ1) is 43.0. The van der Waals surface area contributed by atoms with Gasteiger partial charge in [-0.3, -0.25) is 37.3 Å². The van der Waals surface area contributed by atoms with Crippen molar-refractivity contribution in [2.24, 2.45) is 5.92 Å². The molecule has 0 aromatic carbocycles. The Morgan fingerprint density at radius 3 is 0.764 bits per heavy atom. The summed E-state index contributed by atoms with van der Waals surface area (Å²) in [6.07, 6.45) is 50.2. The molecule has 0 aliphatic rings. The minimum absolute atomic E-state index is 0.107. The molecular formula is C70H136O17P2. The van der Waals surface area contributed by atoms with Crippen LogP contribution in [0.1, 0.15) is 362 Å². The van der Waals surface area contributed by atoms with Crippen molar-refractivity contribution >= 4 is 39.5 Å². The first-order valence-corrected chi connectivity index (χ1v) is 39.6. The van der Waals surface area contributed by atoms with E-state index in [4.69, 9.17) is 37.0 Å². The Bertz CT molecular complexity index is 1720. The predicted molar refractivity (Wildman–Crippen MR) is 358 cm³/mol. The van der Waals surface area contributed by atoms with Crippen molar-refractivity contribution in [2.75, 3.05) is 39.6 Å². The van der Waals surface area contributed by atoms with Crippen LogP contribution in [0.4, 0.5) is 0 Å². The lowest BCUT2D eigenvalue weighted by Gasteiger charge is -2.21. The number of carbonyl (C=O) groups is 4. The van der Waals surface area contributed by atoms with Crippen LogP contribution in [0, 0.1) is 5.92 Å². The van der Waals surface area contributed by atoms with Crippen LogP contribution in [-0.2, 0) is 65.4 Å². The fourth-order valence-corrected chi connectivity index (χ4v) is 12.2. The number of phosphoric ester groups is 2. The molecule has 0 spiro atoms. The lowest BCUT2D eigenvalue weighted by atomic mass is 10.0. The molecule has 5 atom stereocenters. The molecule has 17 nitrogen and oxygen atoms in total. The maximum absolute atomic E-state index is 13.0. The molecule has 3 N–H and O–H groups in total. The summed E-state index contributed by atoms with van der Waals surface area (Å²) in [5.74, 6) is -1.34. The van der Waals surface area contributed by atoms with Gasteiger partial charge in [-0.1, -0.05) is 311 Å². The number of phosphoric acid groups is 2. The first kappa shape index (κ1) is 87.1. The Balaban J connectivity index is 5.16. The zero-order valence-electron chi connectivity index (χ0n) is 57.6. The van der Waals surface area contributed by atoms with Gasteiger partial charge in [-0.2, -0.15) is 0 Å². The van der Waals surface area contributed by atoms with Gasteiger partial charge in [-0.25, -0.2) is 9.13 Å². The van der Waals surface area contributed by atoms with Crippen LogP contribution in [0.2, 0.25) is 0 Å². The first-order valence-electron chi connectivity index (χ1n) is 36.6. The summed E-state index contributed by atoms with van der Waals surface area (Å²) in [6, 6.07) is 0. The van der Waals surface area contributed by atoms with Crippen molar-refractivity contribution in [2.45, 2.75) is 380 Å². The van der Waals surface area contributed by atoms with Gasteiger partial charge in [0.05, 0.1) is 26.4 Å². The summed E-state index contributed by atoms with van der Waals surface area (Å²) >= 11 is 0. The molecule has 0 fully saturated rings. The largest absolute Gasteiger partial charge is 0.472 e. The van der Waals surface area contributed by atoms with Crippen LogP contribution >= 0.6 is 15.6 Å². The van der Waals surface area contributed by atoms with Crippen molar-refractivity contribution in [3.63, 3.8) is 0 Å². The number of hydrogen-bond acceptors (Lipinski definition) is 15. The summed E-state index contributed by atoms with van der Waals surface area (Å²) in [5.41, 5.74) is 0. The highest BCUT2D eigenvalue weighted by atomic mass is 31.2. The fourth-order valence-electron chi connectivity index (χ4n) is 10.6. The van der Waals surface area contributed by atoms with E-state index in [0.29, 0.717) is 25.7 Å². The van der Waals surface area contributed by atoms with Crippen LogP contribution < -0.4 is 0 Å². The van der Waals surface area contributed by atoms with Crippen LogP contribution in [0.25, 0.3) is 0 Å². The molecule has 0 saturated carbocycles. The molecule has 528 valence electrons. The van der Waals surface area contributed by atoms with E-state index in [0.717, 1.165) is 102 Å². The Hall–Kier alpha value is -1.94. The van der Waals surface area contributed by atoms with Gasteiger partial charge in [0, 0.05) is 25.7 Å². The van der Waals surface area contributed by atoms with E-state index in [2.05, 4.69) is 34.6 Å². The number of carbonyl (C=O) groups excluding carboxylic acids is 4. The molecule has 0 aliphatic carbocycles. The maximum Gasteiger partial charge on any atom is 0.472 e. The lowest BCUT2D eigenvalue weighted by Crippen LogP contribution is -2.30. The normalized spacial score (nSPS) is 14.1. The van der Waals surface area contributed by atoms with Crippen LogP contribution in [0.5, 0.6) is 0 Å². The van der Waals surface area contributed by atoms with Crippen LogP contribution in [0.15, 0.2) is 0 Å². The highest BCUT2D eigenvalue weighted by Crippen LogP contribution is 2.45. The third kappa shape index (κ3) is 64.6. The number of aliphatic hydroxyl groups is 1. The molecule has 19 heteroatoms. The minimum Gasteiger partial charge on any atom is -0.462 e. The molecule has 0 rings (SSSR count). The number of esters is 4. The van der Waals surface area contributed by atoms with E-state index in [1.165, 1.54) is 180 Å². The minimum atomic E-state index is -4.95. The number of rotatable bonds is 70. The summed E-state index contributed by atoms with van der Waals surface area (Å²) in [7, 11) is -9.89. The van der Waals surface area contributed by atoms with Gasteiger partial charge < -0.3 is 33.8 Å². The van der Waals surface area contributed by atoms with Crippen molar-refractivity contribution in [3.8, 4) is 0 Å². The number of aliphatic hydroxyl groups excluding tert-OH is 1. The second kappa shape index (κ2) is 63.5. The quantitative estimate of drug-likeness (QED) is 0.0222. The lowest BCUT2D eigenvalue weighted by molar-refractivity contribution is -0.161. The molecule has 0 heterocycles. The van der Waals surface area contributed by atoms with Crippen LogP contribution in [-0.4, -0.2) is 96.7 Å². The number of hydrogen-bond donors (Lipinski definition) is 3. The Kier molecular flexibility index (Phi) is 62.1. The highest BCUT2D eigenvalue weighted by Gasteiger charge is 2.30. The van der Waals surface area contributed by atoms with Gasteiger partial charge in [0.1, 0.15) is 19.3 Å². The summed E-state index contributed by atoms with van der Waals surface area (Å²) in [6.45, 7) is 7.19. The van der Waals surface area contributed by atoms with E-state index < -0.39 is 97.5 Å². The monoisotopic (exact) mass is 1310 g/mol. The zero-order chi connectivity index (χ0) is 65.6. The molecule has 0 radical (unpaired) electrons. The van der Waals surface area contributed by atoms with Crippen molar-refractivity contribution in [3.05, 3.63) is 0 Å². The Morgan fingerprint density at radius 1 is 0.303 bits per heavy atom. The third-order valence-corrected chi connectivity index (χ3v) is 18.2. The van der Waals surface area contributed by atoms with Gasteiger partial charge in [0.25, 0.3) is 0 Å². The van der Waals surface area contributed by atoms with Gasteiger partial charge in [0.2, 0.25) is 0 Å². The molecular weight excluding hydrogens is 1170 g/mol. The Labute approximate surface area is 543 Å². The number of unbranched alkanes of at least 4 members (excludes halogenated alkanes) is 42. The van der Waals surface area contributed by atoms with Crippen molar-refractivity contribution < 1.29 is 80.2 Å². The zero-order valence-corrected chi connectivity index (χ0v) is 59.4. The third-order valence-electron chi connectivity index (χ3n) is 16.3. The topological polar surface area (TPSA) is 237 Å². The van der Waals surface area contributed by atoms with Crippen molar-refractivity contribution in [1.82, 2.24) is 0 Å². The van der Waals surface area contributed by atoms with Gasteiger partial charge in [-0.15, -0.1) is 0 Å². The molecule has 0 amide bonds. The average Bonchev–Trinajstić information content (AvgIpc) is 3.66. The predicted octanol–water partition coefficient (Wildman–Crippen LogP) is 20.1. The second-order valence-electron chi connectivity index (χ2n) is 25.7. The van der Waals surface area contributed by atoms with Gasteiger partial charge >= 0.3 is 39.5 Å². The SMILES string of the molecule is CCCCCCCCCCCCCCCCCC(=O)OC[C@H](COP(=O)(O)OC[C@@H](O)COP(=O)(O)OC[C@@H](COC(=O)CCCCCCC)OC(=O)CCCCCCCCCCCCCCC)OC(=O)CCCCCCCCCCCCCCCC(C)C. The Morgan fingerprint density at radius 2 is 0.517 bits per heavy atom. The molecule has 0 saturated heterocycles. The second-order valence-corrected chi connectivity index (χ2v) is 28.7. The van der Waals surface area contributed by atoms with E-state index in [1.54, 1.807) is 0 Å². The summed E-state index contributed by atoms with van der Waals surface area (Å²) in [4.78, 5) is 72.3. The molecule has 0 aromatic rings. The molecule has 0 bridgehead atoms. The molecule has 0 aliphatic heterocycles. The maximum atomic E-state index is 13.0. The van der Waals surface area contributed by atoms with Crippen LogP contribution in [0.3, 0.4) is 0 Å². The fraction of sp³-hybridized carbons (Fsp3) is 0.943. The molecule has 0 aromatic heterocycles. The van der Waals surface area contributed by atoms with Crippen molar-refractivity contribution in [1.29, 1.82) is 0 Å². The van der Waals surface area contributed by atoms with E-state index in [1.807, 2.05) is 0 Å². The van der Waals surface area contributed by atoms with E-state index in [-0.39, 0.29) is 25.7 Å². The smallest absolute Gasteiger partial charge is 0.462 e. The molecule has 2 unspecified atom stereocenters. The molecule has 89 heavy (non-hydrogen) atoms.